The molecule has 112 valence electrons. The number of hydrogen-bond donors (Lipinski definition) is 1. The highest BCUT2D eigenvalue weighted by atomic mass is 16.6. The maximum atomic E-state index is 12.0. The molecule has 5 nitrogen and oxygen atoms in total. The molecule has 0 radical (unpaired) electrons. The molecule has 1 aliphatic heterocycles. The Morgan fingerprint density at radius 3 is 2.53 bits per heavy atom. The van der Waals surface area contributed by atoms with Crippen LogP contribution in [-0.4, -0.2) is 65.9 Å². The van der Waals surface area contributed by atoms with Gasteiger partial charge in [-0.2, -0.15) is 0 Å². The Bertz CT molecular complexity index is 289. The van der Waals surface area contributed by atoms with Crippen LogP contribution < -0.4 is 0 Å². The molecule has 1 saturated heterocycles. The van der Waals surface area contributed by atoms with Gasteiger partial charge in [0.1, 0.15) is 5.60 Å². The Morgan fingerprint density at radius 2 is 1.95 bits per heavy atom. The summed E-state index contributed by atoms with van der Waals surface area (Å²) in [6.07, 6.45) is 0.738. The lowest BCUT2D eigenvalue weighted by Crippen LogP contribution is -2.39. The predicted molar refractivity (Wildman–Crippen MR) is 75.1 cm³/mol. The van der Waals surface area contributed by atoms with E-state index in [9.17, 15) is 4.79 Å². The fraction of sp³-hybridized carbons (Fsp3) is 0.929. The van der Waals surface area contributed by atoms with Gasteiger partial charge in [-0.1, -0.05) is 6.92 Å². The largest absolute Gasteiger partial charge is 0.444 e. The molecule has 1 fully saturated rings. The standard InChI is InChI=1S/C14H28N2O3/c1-12(11-17)10-15-6-5-7-16(9-8-15)13(18)19-14(2,3)4/h12,17H,5-11H2,1-4H3. The minimum absolute atomic E-state index is 0.215. The van der Waals surface area contributed by atoms with Gasteiger partial charge in [-0.3, -0.25) is 0 Å². The van der Waals surface area contributed by atoms with E-state index in [-0.39, 0.29) is 18.6 Å². The van der Waals surface area contributed by atoms with Crippen molar-refractivity contribution in [1.29, 1.82) is 0 Å². The summed E-state index contributed by atoms with van der Waals surface area (Å²) < 4.78 is 5.40. The first-order valence-electron chi connectivity index (χ1n) is 7.13. The molecule has 1 amide bonds. The highest BCUT2D eigenvalue weighted by Gasteiger charge is 2.24. The molecule has 1 N–H and O–H groups in total. The van der Waals surface area contributed by atoms with Crippen LogP contribution in [0, 0.1) is 5.92 Å². The zero-order valence-electron chi connectivity index (χ0n) is 12.7. The Hall–Kier alpha value is -0.810. The van der Waals surface area contributed by atoms with Crippen molar-refractivity contribution >= 4 is 6.09 Å². The summed E-state index contributed by atoms with van der Waals surface area (Å²) in [5.41, 5.74) is -0.436. The number of aliphatic hydroxyl groups is 1. The number of aliphatic hydroxyl groups excluding tert-OH is 1. The molecule has 1 atom stereocenters. The van der Waals surface area contributed by atoms with Crippen molar-refractivity contribution in [2.24, 2.45) is 5.92 Å². The third-order valence-electron chi connectivity index (χ3n) is 3.12. The second-order valence-electron chi connectivity index (χ2n) is 6.41. The molecule has 0 aromatic heterocycles. The lowest BCUT2D eigenvalue weighted by molar-refractivity contribution is 0.0256. The predicted octanol–water partition coefficient (Wildman–Crippen LogP) is 1.56. The van der Waals surface area contributed by atoms with Crippen LogP contribution in [0.25, 0.3) is 0 Å². The van der Waals surface area contributed by atoms with Crippen molar-refractivity contribution in [3.05, 3.63) is 0 Å². The molecule has 1 aliphatic rings. The Balaban J connectivity index is 2.43. The van der Waals surface area contributed by atoms with Gasteiger partial charge in [0.05, 0.1) is 0 Å². The Labute approximate surface area is 116 Å². The molecule has 0 aliphatic carbocycles. The summed E-state index contributed by atoms with van der Waals surface area (Å²) in [5.74, 6) is 0.285. The molecule has 0 aromatic rings. The van der Waals surface area contributed by atoms with E-state index in [4.69, 9.17) is 9.84 Å². The SMILES string of the molecule is CC(CO)CN1CCCN(C(=O)OC(C)(C)C)CC1. The van der Waals surface area contributed by atoms with E-state index in [0.717, 1.165) is 32.6 Å². The van der Waals surface area contributed by atoms with Crippen LogP contribution in [-0.2, 0) is 4.74 Å². The summed E-state index contributed by atoms with van der Waals surface area (Å²) >= 11 is 0. The number of hydrogen-bond acceptors (Lipinski definition) is 4. The second kappa shape index (κ2) is 7.10. The molecule has 0 spiro atoms. The van der Waals surface area contributed by atoms with E-state index >= 15 is 0 Å². The number of ether oxygens (including phenoxy) is 1. The molecular formula is C14H28N2O3. The number of carbonyl (C=O) groups is 1. The molecule has 1 heterocycles. The van der Waals surface area contributed by atoms with Crippen molar-refractivity contribution in [1.82, 2.24) is 9.80 Å². The molecule has 1 unspecified atom stereocenters. The second-order valence-corrected chi connectivity index (χ2v) is 6.41. The zero-order chi connectivity index (χ0) is 14.5. The normalized spacial score (nSPS) is 19.9. The van der Waals surface area contributed by atoms with Crippen molar-refractivity contribution in [3.8, 4) is 0 Å². The lowest BCUT2D eigenvalue weighted by Gasteiger charge is -2.27. The van der Waals surface area contributed by atoms with Crippen LogP contribution in [0.1, 0.15) is 34.1 Å². The lowest BCUT2D eigenvalue weighted by atomic mass is 10.2. The number of nitrogens with zero attached hydrogens (tertiary/aromatic N) is 2. The first kappa shape index (κ1) is 16.2. The number of amides is 1. The summed E-state index contributed by atoms with van der Waals surface area (Å²) in [7, 11) is 0. The topological polar surface area (TPSA) is 53.0 Å². The third kappa shape index (κ3) is 6.25. The summed E-state index contributed by atoms with van der Waals surface area (Å²) in [4.78, 5) is 16.1. The van der Waals surface area contributed by atoms with E-state index in [2.05, 4.69) is 4.90 Å². The maximum Gasteiger partial charge on any atom is 0.410 e. The minimum atomic E-state index is -0.436. The van der Waals surface area contributed by atoms with Crippen molar-refractivity contribution in [3.63, 3.8) is 0 Å². The van der Waals surface area contributed by atoms with Crippen LogP contribution in [0.5, 0.6) is 0 Å². The summed E-state index contributed by atoms with van der Waals surface area (Å²) in [5, 5.41) is 9.09. The number of rotatable bonds is 3. The molecule has 5 heteroatoms. The smallest absolute Gasteiger partial charge is 0.410 e. The van der Waals surface area contributed by atoms with E-state index in [1.807, 2.05) is 27.7 Å². The first-order chi connectivity index (χ1) is 8.81. The van der Waals surface area contributed by atoms with Crippen LogP contribution in [0.4, 0.5) is 4.79 Å². The molecule has 1 rings (SSSR count). The van der Waals surface area contributed by atoms with Gasteiger partial charge in [-0.25, -0.2) is 4.79 Å². The van der Waals surface area contributed by atoms with Gasteiger partial charge < -0.3 is 19.6 Å². The van der Waals surface area contributed by atoms with Gasteiger partial charge >= 0.3 is 6.09 Å². The van der Waals surface area contributed by atoms with Crippen molar-refractivity contribution in [2.45, 2.75) is 39.7 Å². The molecule has 19 heavy (non-hydrogen) atoms. The summed E-state index contributed by atoms with van der Waals surface area (Å²) in [6, 6.07) is 0. The summed E-state index contributed by atoms with van der Waals surface area (Å²) in [6.45, 7) is 12.1. The quantitative estimate of drug-likeness (QED) is 0.847. The van der Waals surface area contributed by atoms with E-state index in [1.165, 1.54) is 0 Å². The third-order valence-corrected chi connectivity index (χ3v) is 3.12. The molecular weight excluding hydrogens is 244 g/mol. The van der Waals surface area contributed by atoms with E-state index < -0.39 is 5.60 Å². The van der Waals surface area contributed by atoms with E-state index in [1.54, 1.807) is 4.90 Å². The van der Waals surface area contributed by atoms with Crippen LogP contribution in [0.3, 0.4) is 0 Å². The Morgan fingerprint density at radius 1 is 1.26 bits per heavy atom. The number of carbonyl (C=O) groups excluding carboxylic acids is 1. The highest BCUT2D eigenvalue weighted by molar-refractivity contribution is 5.68. The van der Waals surface area contributed by atoms with Gasteiger partial charge in [0.15, 0.2) is 0 Å². The van der Waals surface area contributed by atoms with E-state index in [0.29, 0.717) is 6.54 Å². The molecule has 0 bridgehead atoms. The average Bonchev–Trinajstić information content (AvgIpc) is 2.52. The molecule has 0 aromatic carbocycles. The fourth-order valence-corrected chi connectivity index (χ4v) is 2.16. The first-order valence-corrected chi connectivity index (χ1v) is 7.13. The van der Waals surface area contributed by atoms with Crippen LogP contribution in [0.2, 0.25) is 0 Å². The highest BCUT2D eigenvalue weighted by Crippen LogP contribution is 2.12. The van der Waals surface area contributed by atoms with Crippen LogP contribution in [0.15, 0.2) is 0 Å². The van der Waals surface area contributed by atoms with Crippen molar-refractivity contribution < 1.29 is 14.6 Å². The van der Waals surface area contributed by atoms with Gasteiger partial charge in [0, 0.05) is 32.8 Å². The zero-order valence-corrected chi connectivity index (χ0v) is 12.7. The monoisotopic (exact) mass is 272 g/mol. The minimum Gasteiger partial charge on any atom is -0.444 e. The van der Waals surface area contributed by atoms with Gasteiger partial charge in [-0.05, 0) is 39.7 Å². The maximum absolute atomic E-state index is 12.0. The van der Waals surface area contributed by atoms with Crippen molar-refractivity contribution in [2.75, 3.05) is 39.3 Å². The fourth-order valence-electron chi connectivity index (χ4n) is 2.16. The average molecular weight is 272 g/mol. The van der Waals surface area contributed by atoms with Gasteiger partial charge in [0.25, 0.3) is 0 Å². The van der Waals surface area contributed by atoms with Crippen LogP contribution >= 0.6 is 0 Å². The van der Waals surface area contributed by atoms with Gasteiger partial charge in [-0.15, -0.1) is 0 Å². The molecule has 0 saturated carbocycles. The Kier molecular flexibility index (Phi) is 6.07. The van der Waals surface area contributed by atoms with Gasteiger partial charge in [0.2, 0.25) is 0 Å².